The molecule has 2 atom stereocenters. The molecule has 7 rings (SSSR count). The maximum Gasteiger partial charge on any atom is 0.307 e. The topological polar surface area (TPSA) is 109 Å². The molecule has 1 aromatic heterocycles. The quantitative estimate of drug-likeness (QED) is 0.195. The van der Waals surface area contributed by atoms with Crippen LogP contribution in [0, 0.1) is 11.7 Å². The average Bonchev–Trinajstić information content (AvgIpc) is 3.81. The van der Waals surface area contributed by atoms with Crippen molar-refractivity contribution in [2.24, 2.45) is 13.0 Å². The minimum Gasteiger partial charge on any atom is -0.493 e. The van der Waals surface area contributed by atoms with Crippen LogP contribution in [0.4, 0.5) is 10.1 Å². The van der Waals surface area contributed by atoms with Crippen molar-refractivity contribution in [3.63, 3.8) is 0 Å². The Morgan fingerprint density at radius 3 is 2.60 bits per heavy atom. The first-order valence-electron chi connectivity index (χ1n) is 16.7. The van der Waals surface area contributed by atoms with Gasteiger partial charge in [0.15, 0.2) is 17.3 Å². The van der Waals surface area contributed by atoms with Crippen molar-refractivity contribution in [3.8, 4) is 22.6 Å². The van der Waals surface area contributed by atoms with Crippen LogP contribution >= 0.6 is 23.2 Å². The van der Waals surface area contributed by atoms with Crippen LogP contribution in [0.3, 0.4) is 0 Å². The number of hydrogen-bond donors (Lipinski definition) is 2. The molecule has 2 aliphatic heterocycles. The lowest BCUT2D eigenvalue weighted by atomic mass is 9.96. The lowest BCUT2D eigenvalue weighted by Crippen LogP contribution is -2.27. The fourth-order valence-corrected chi connectivity index (χ4v) is 8.04. The Hall–Kier alpha value is -4.16. The van der Waals surface area contributed by atoms with Crippen LogP contribution in [0.5, 0.6) is 11.5 Å². The predicted octanol–water partition coefficient (Wildman–Crippen LogP) is 6.75. The zero-order chi connectivity index (χ0) is 35.3. The van der Waals surface area contributed by atoms with E-state index < -0.39 is 23.8 Å². The number of rotatable bonds is 9. The van der Waals surface area contributed by atoms with Gasteiger partial charge in [-0.1, -0.05) is 53.5 Å². The number of nitrogens with one attached hydrogen (secondary N) is 1. The van der Waals surface area contributed by atoms with E-state index in [1.807, 2.05) is 53.9 Å². The summed E-state index contributed by atoms with van der Waals surface area (Å²) < 4.78 is 29.6. The minimum atomic E-state index is -0.832. The number of halogens is 3. The maximum atomic E-state index is 16.0. The Morgan fingerprint density at radius 1 is 1.06 bits per heavy atom. The van der Waals surface area contributed by atoms with Crippen molar-refractivity contribution in [2.45, 2.75) is 44.9 Å². The summed E-state index contributed by atoms with van der Waals surface area (Å²) in [7, 11) is 5.30. The van der Waals surface area contributed by atoms with Crippen LogP contribution in [0.1, 0.15) is 57.6 Å². The molecule has 1 aliphatic carbocycles. The number of anilines is 1. The Bertz CT molecular complexity index is 2000. The highest BCUT2D eigenvalue weighted by Gasteiger charge is 2.33. The summed E-state index contributed by atoms with van der Waals surface area (Å²) in [5.74, 6) is -2.04. The highest BCUT2D eigenvalue weighted by atomic mass is 35.5. The van der Waals surface area contributed by atoms with Gasteiger partial charge in [-0.3, -0.25) is 14.5 Å². The number of likely N-dealkylation sites (tertiary alicyclic amines) is 1. The second-order valence-corrected chi connectivity index (χ2v) is 14.1. The summed E-state index contributed by atoms with van der Waals surface area (Å²) in [6, 6.07) is 13.0. The van der Waals surface area contributed by atoms with Gasteiger partial charge in [0.1, 0.15) is 6.10 Å². The van der Waals surface area contributed by atoms with Gasteiger partial charge in [-0.25, -0.2) is 4.98 Å². The molecule has 0 radical (unpaired) electrons. The number of methoxy groups -OCH3 is 1. The number of hydrogen-bond acceptors (Lipinski definition) is 7. The van der Waals surface area contributed by atoms with Crippen LogP contribution < -0.4 is 14.8 Å². The molecule has 3 aliphatic rings. The zero-order valence-corrected chi connectivity index (χ0v) is 29.6. The summed E-state index contributed by atoms with van der Waals surface area (Å²) in [4.78, 5) is 33.6. The van der Waals surface area contributed by atoms with Crippen molar-refractivity contribution in [2.75, 3.05) is 39.1 Å². The third kappa shape index (κ3) is 6.32. The number of carbonyl (C=O) groups is 2. The second-order valence-electron chi connectivity index (χ2n) is 13.3. The smallest absolute Gasteiger partial charge is 0.307 e. The van der Waals surface area contributed by atoms with E-state index in [1.165, 1.54) is 7.11 Å². The second kappa shape index (κ2) is 13.9. The fraction of sp³-hybridized carbons (Fsp3) is 0.378. The predicted molar refractivity (Wildman–Crippen MR) is 189 cm³/mol. The molecule has 1 unspecified atom stereocenters. The third-order valence-electron chi connectivity index (χ3n) is 10.1. The van der Waals surface area contributed by atoms with Gasteiger partial charge in [-0.15, -0.1) is 0 Å². The Labute approximate surface area is 299 Å². The molecule has 13 heteroatoms. The lowest BCUT2D eigenvalue weighted by Gasteiger charge is -2.22. The van der Waals surface area contributed by atoms with Gasteiger partial charge in [0.05, 0.1) is 34.5 Å². The summed E-state index contributed by atoms with van der Waals surface area (Å²) >= 11 is 13.6. The number of carboxylic acid groups (broad SMARTS) is 1. The first kappa shape index (κ1) is 34.3. The largest absolute Gasteiger partial charge is 0.493 e. The van der Waals surface area contributed by atoms with Gasteiger partial charge < -0.3 is 29.4 Å². The summed E-state index contributed by atoms with van der Waals surface area (Å²) in [6.07, 6.45) is 2.13. The highest BCUT2D eigenvalue weighted by Crippen LogP contribution is 2.46. The molecule has 3 heterocycles. The van der Waals surface area contributed by atoms with E-state index >= 15 is 4.39 Å². The normalized spacial score (nSPS) is 18.9. The number of nitrogens with zero attached hydrogens (tertiary/aromatic N) is 4. The lowest BCUT2D eigenvalue weighted by molar-refractivity contribution is -0.141. The van der Waals surface area contributed by atoms with Crippen molar-refractivity contribution in [3.05, 3.63) is 92.2 Å². The van der Waals surface area contributed by atoms with Crippen LogP contribution in [0.2, 0.25) is 10.0 Å². The number of benzene rings is 3. The molecule has 50 heavy (non-hydrogen) atoms. The molecule has 262 valence electrons. The van der Waals surface area contributed by atoms with E-state index in [0.717, 1.165) is 46.6 Å². The van der Waals surface area contributed by atoms with Gasteiger partial charge in [-0.2, -0.15) is 4.39 Å². The average molecular weight is 723 g/mol. The van der Waals surface area contributed by atoms with Crippen molar-refractivity contribution in [1.29, 1.82) is 0 Å². The fourth-order valence-electron chi connectivity index (χ4n) is 7.51. The number of aromatic nitrogens is 2. The molecule has 1 amide bonds. The van der Waals surface area contributed by atoms with Crippen LogP contribution in [0.25, 0.3) is 11.1 Å². The van der Waals surface area contributed by atoms with E-state index in [1.54, 1.807) is 12.1 Å². The van der Waals surface area contributed by atoms with Crippen LogP contribution in [-0.4, -0.2) is 70.1 Å². The number of ether oxygens (including phenoxy) is 2. The molecule has 0 bridgehead atoms. The van der Waals surface area contributed by atoms with Gasteiger partial charge >= 0.3 is 5.97 Å². The number of carbonyl (C=O) groups excluding carboxylic acids is 1. The molecule has 10 nitrogen and oxygen atoms in total. The van der Waals surface area contributed by atoms with Gasteiger partial charge in [-0.05, 0) is 61.7 Å². The molecular formula is C37H38Cl2FN5O5. The summed E-state index contributed by atoms with van der Waals surface area (Å²) in [5.41, 5.74) is 6.55. The van der Waals surface area contributed by atoms with Crippen molar-refractivity contribution in [1.82, 2.24) is 19.4 Å². The number of amides is 1. The maximum absolute atomic E-state index is 16.0. The van der Waals surface area contributed by atoms with Gasteiger partial charge in [0, 0.05) is 56.5 Å². The number of imidazole rings is 1. The third-order valence-corrected chi connectivity index (χ3v) is 10.8. The Kier molecular flexibility index (Phi) is 9.51. The van der Waals surface area contributed by atoms with Crippen LogP contribution in [0.15, 0.2) is 42.5 Å². The first-order valence-corrected chi connectivity index (χ1v) is 17.4. The number of fused-ring (bicyclic) bond motifs is 2. The molecule has 0 spiro atoms. The minimum absolute atomic E-state index is 0.0267. The molecule has 1 fully saturated rings. The molecule has 4 aromatic rings. The molecule has 0 saturated carbocycles. The number of carboxylic acids is 1. The molecule has 3 aromatic carbocycles. The number of aliphatic carboxylic acids is 1. The van der Waals surface area contributed by atoms with E-state index in [2.05, 4.69) is 15.2 Å². The molecular weight excluding hydrogens is 684 g/mol. The number of likely N-dealkylation sites (N-methyl/N-ethyl adjacent to an activating group) is 1. The monoisotopic (exact) mass is 721 g/mol. The van der Waals surface area contributed by atoms with Crippen molar-refractivity contribution >= 4 is 40.8 Å². The van der Waals surface area contributed by atoms with Gasteiger partial charge in [0.25, 0.3) is 5.91 Å². The van der Waals surface area contributed by atoms with Crippen molar-refractivity contribution < 1.29 is 28.6 Å². The first-order chi connectivity index (χ1) is 24.0. The van der Waals surface area contributed by atoms with E-state index in [9.17, 15) is 14.7 Å². The van der Waals surface area contributed by atoms with Crippen LogP contribution in [-0.2, 0) is 37.8 Å². The van der Waals surface area contributed by atoms with E-state index in [4.69, 9.17) is 32.7 Å². The highest BCUT2D eigenvalue weighted by molar-refractivity contribution is 6.36. The standard InChI is InChI=1S/C37H38Cl2FN5O5/c1-43-14-13-29-28(19-43)41-35(44(29)2)36(46)42-27-9-5-8-25(31(27)39)22-6-4-7-24-23(22)10-11-30(24)50-34-26(38)16-21(33(49-3)32(34)40)18-45-15-12-20(17-45)37(47)48/h4-9,16,20,30H,10-15,17-19H2,1-3H3,(H,42,46)(H,47,48)/t20?,30-/m1/s1. The Morgan fingerprint density at radius 2 is 1.84 bits per heavy atom. The van der Waals surface area contributed by atoms with Gasteiger partial charge in [0.2, 0.25) is 5.82 Å². The SMILES string of the molecule is COc1c(CN2CCC(C(=O)O)C2)cc(Cl)c(O[C@@H]2CCc3c(-c4cccc(NC(=O)c5nc6c(n5C)CCN(C)C6)c4Cl)cccc32)c1F. The van der Waals surface area contributed by atoms with E-state index in [-0.39, 0.29) is 22.4 Å². The molecule has 1 saturated heterocycles. The summed E-state index contributed by atoms with van der Waals surface area (Å²) in [5, 5.41) is 12.9. The Balaban J connectivity index is 1.12. The zero-order valence-electron chi connectivity index (χ0n) is 28.1. The van der Waals surface area contributed by atoms with E-state index in [0.29, 0.717) is 67.5 Å². The summed E-state index contributed by atoms with van der Waals surface area (Å²) in [6.45, 7) is 2.88. The molecule has 2 N–H and O–H groups in total.